The highest BCUT2D eigenvalue weighted by molar-refractivity contribution is 9.10. The second kappa shape index (κ2) is 6.43. The molecule has 2 aromatic heterocycles. The predicted molar refractivity (Wildman–Crippen MR) is 83.8 cm³/mol. The Labute approximate surface area is 132 Å². The zero-order chi connectivity index (χ0) is 15.6. The summed E-state index contributed by atoms with van der Waals surface area (Å²) in [6.45, 7) is 7.44. The van der Waals surface area contributed by atoms with E-state index in [9.17, 15) is 4.79 Å². The third-order valence-electron chi connectivity index (χ3n) is 3.31. The third kappa shape index (κ3) is 3.72. The van der Waals surface area contributed by atoms with Crippen LogP contribution in [-0.2, 0) is 24.4 Å². The SMILES string of the molecule is CCn1cc(Br)c(CN(C)C(=O)Cn2nc(C)cc2C)n1. The summed E-state index contributed by atoms with van der Waals surface area (Å²) in [6.07, 6.45) is 1.93. The first-order valence-corrected chi connectivity index (χ1v) is 7.66. The molecule has 0 radical (unpaired) electrons. The van der Waals surface area contributed by atoms with Crippen molar-refractivity contribution in [1.29, 1.82) is 0 Å². The molecule has 0 N–H and O–H groups in total. The van der Waals surface area contributed by atoms with E-state index in [2.05, 4.69) is 26.1 Å². The molecule has 0 bridgehead atoms. The van der Waals surface area contributed by atoms with Crippen LogP contribution >= 0.6 is 15.9 Å². The Morgan fingerprint density at radius 3 is 2.62 bits per heavy atom. The van der Waals surface area contributed by atoms with E-state index < -0.39 is 0 Å². The molecule has 7 heteroatoms. The molecular weight excluding hydrogens is 334 g/mol. The number of nitrogens with zero attached hydrogens (tertiary/aromatic N) is 5. The minimum atomic E-state index is 0.0131. The van der Waals surface area contributed by atoms with Gasteiger partial charge < -0.3 is 4.90 Å². The van der Waals surface area contributed by atoms with Gasteiger partial charge in [-0.1, -0.05) is 0 Å². The zero-order valence-corrected chi connectivity index (χ0v) is 14.4. The second-order valence-corrected chi connectivity index (χ2v) is 5.97. The highest BCUT2D eigenvalue weighted by Crippen LogP contribution is 2.16. The van der Waals surface area contributed by atoms with Gasteiger partial charge in [0.05, 0.1) is 22.4 Å². The average molecular weight is 354 g/mol. The highest BCUT2D eigenvalue weighted by Gasteiger charge is 2.15. The van der Waals surface area contributed by atoms with Crippen molar-refractivity contribution in [3.05, 3.63) is 33.8 Å². The van der Waals surface area contributed by atoms with E-state index in [1.807, 2.05) is 37.7 Å². The van der Waals surface area contributed by atoms with Gasteiger partial charge in [0.15, 0.2) is 0 Å². The van der Waals surface area contributed by atoms with Gasteiger partial charge in [-0.2, -0.15) is 10.2 Å². The monoisotopic (exact) mass is 353 g/mol. The molecule has 1 amide bonds. The Kier molecular flexibility index (Phi) is 4.82. The summed E-state index contributed by atoms with van der Waals surface area (Å²) in [4.78, 5) is 14.0. The van der Waals surface area contributed by atoms with Crippen molar-refractivity contribution in [2.45, 2.75) is 40.4 Å². The number of halogens is 1. The third-order valence-corrected chi connectivity index (χ3v) is 3.97. The van der Waals surface area contributed by atoms with Crippen LogP contribution in [0.5, 0.6) is 0 Å². The summed E-state index contributed by atoms with van der Waals surface area (Å²) in [5, 5.41) is 8.75. The number of likely N-dealkylation sites (N-methyl/N-ethyl adjacent to an activating group) is 1. The van der Waals surface area contributed by atoms with Crippen LogP contribution in [0.15, 0.2) is 16.7 Å². The van der Waals surface area contributed by atoms with Crippen molar-refractivity contribution in [2.75, 3.05) is 7.05 Å². The Hall–Kier alpha value is -1.63. The minimum Gasteiger partial charge on any atom is -0.338 e. The summed E-state index contributed by atoms with van der Waals surface area (Å²) >= 11 is 3.48. The maximum absolute atomic E-state index is 12.3. The molecule has 2 heterocycles. The van der Waals surface area contributed by atoms with E-state index in [4.69, 9.17) is 0 Å². The first-order chi connectivity index (χ1) is 9.90. The number of amides is 1. The molecule has 0 saturated heterocycles. The fourth-order valence-electron chi connectivity index (χ4n) is 2.10. The first-order valence-electron chi connectivity index (χ1n) is 6.87. The average Bonchev–Trinajstić information content (AvgIpc) is 2.92. The number of aryl methyl sites for hydroxylation is 3. The van der Waals surface area contributed by atoms with Crippen LogP contribution in [0, 0.1) is 13.8 Å². The van der Waals surface area contributed by atoms with E-state index >= 15 is 0 Å². The van der Waals surface area contributed by atoms with Crippen molar-refractivity contribution in [1.82, 2.24) is 24.5 Å². The summed E-state index contributed by atoms with van der Waals surface area (Å²) < 4.78 is 4.50. The Morgan fingerprint density at radius 1 is 1.38 bits per heavy atom. The molecule has 0 saturated carbocycles. The van der Waals surface area contributed by atoms with Crippen LogP contribution in [-0.4, -0.2) is 37.4 Å². The van der Waals surface area contributed by atoms with E-state index in [-0.39, 0.29) is 12.5 Å². The number of carbonyl (C=O) groups is 1. The van der Waals surface area contributed by atoms with Crippen LogP contribution < -0.4 is 0 Å². The molecule has 0 atom stereocenters. The molecule has 0 aliphatic heterocycles. The minimum absolute atomic E-state index is 0.0131. The van der Waals surface area contributed by atoms with Gasteiger partial charge in [0.2, 0.25) is 5.91 Å². The molecule has 2 aromatic rings. The summed E-state index contributed by atoms with van der Waals surface area (Å²) in [5.41, 5.74) is 2.78. The highest BCUT2D eigenvalue weighted by atomic mass is 79.9. The van der Waals surface area contributed by atoms with Gasteiger partial charge in [-0.15, -0.1) is 0 Å². The van der Waals surface area contributed by atoms with Gasteiger partial charge in [0, 0.05) is 25.5 Å². The quantitative estimate of drug-likeness (QED) is 0.827. The summed E-state index contributed by atoms with van der Waals surface area (Å²) in [6, 6.07) is 1.97. The normalized spacial score (nSPS) is 10.9. The zero-order valence-electron chi connectivity index (χ0n) is 12.8. The van der Waals surface area contributed by atoms with Crippen LogP contribution in [0.2, 0.25) is 0 Å². The maximum Gasteiger partial charge on any atom is 0.244 e. The summed E-state index contributed by atoms with van der Waals surface area (Å²) in [5.74, 6) is 0.0131. The van der Waals surface area contributed by atoms with Crippen molar-refractivity contribution in [2.24, 2.45) is 0 Å². The lowest BCUT2D eigenvalue weighted by molar-refractivity contribution is -0.131. The number of aromatic nitrogens is 4. The Bertz CT molecular complexity index is 646. The molecule has 114 valence electrons. The molecule has 21 heavy (non-hydrogen) atoms. The molecule has 0 aromatic carbocycles. The summed E-state index contributed by atoms with van der Waals surface area (Å²) in [7, 11) is 1.78. The fraction of sp³-hybridized carbons (Fsp3) is 0.500. The standard InChI is InChI=1S/C14H20BrN5O/c1-5-19-7-12(15)13(17-19)8-18(4)14(21)9-20-11(3)6-10(2)16-20/h6-7H,5,8-9H2,1-4H3. The molecule has 6 nitrogen and oxygen atoms in total. The van der Waals surface area contributed by atoms with E-state index in [1.165, 1.54) is 0 Å². The van der Waals surface area contributed by atoms with Crippen molar-refractivity contribution >= 4 is 21.8 Å². The van der Waals surface area contributed by atoms with Crippen LogP contribution in [0.1, 0.15) is 24.0 Å². The van der Waals surface area contributed by atoms with Gasteiger partial charge in [-0.05, 0) is 42.8 Å². The van der Waals surface area contributed by atoms with Gasteiger partial charge in [-0.25, -0.2) is 0 Å². The van der Waals surface area contributed by atoms with E-state index in [0.717, 1.165) is 28.1 Å². The number of carbonyl (C=O) groups excluding carboxylic acids is 1. The second-order valence-electron chi connectivity index (χ2n) is 5.11. The molecule has 0 unspecified atom stereocenters. The molecule has 0 spiro atoms. The number of hydrogen-bond acceptors (Lipinski definition) is 3. The fourth-order valence-corrected chi connectivity index (χ4v) is 2.54. The van der Waals surface area contributed by atoms with Crippen molar-refractivity contribution < 1.29 is 4.79 Å². The Morgan fingerprint density at radius 2 is 2.10 bits per heavy atom. The number of rotatable bonds is 5. The predicted octanol–water partition coefficient (Wildman–Crippen LogP) is 2.14. The number of hydrogen-bond donors (Lipinski definition) is 0. The van der Waals surface area contributed by atoms with Gasteiger partial charge in [0.1, 0.15) is 6.54 Å². The lowest BCUT2D eigenvalue weighted by atomic mass is 10.4. The first kappa shape index (κ1) is 15.8. The topological polar surface area (TPSA) is 56.0 Å². The molecule has 0 fully saturated rings. The van der Waals surface area contributed by atoms with Crippen molar-refractivity contribution in [3.8, 4) is 0 Å². The van der Waals surface area contributed by atoms with Gasteiger partial charge >= 0.3 is 0 Å². The molecular formula is C14H20BrN5O. The van der Waals surface area contributed by atoms with Crippen LogP contribution in [0.25, 0.3) is 0 Å². The molecule has 0 aliphatic carbocycles. The smallest absolute Gasteiger partial charge is 0.244 e. The van der Waals surface area contributed by atoms with Gasteiger partial charge in [-0.3, -0.25) is 14.2 Å². The molecule has 2 rings (SSSR count). The maximum atomic E-state index is 12.3. The molecule has 0 aliphatic rings. The van der Waals surface area contributed by atoms with E-state index in [0.29, 0.717) is 6.54 Å². The Balaban J connectivity index is 2.02. The van der Waals surface area contributed by atoms with Crippen LogP contribution in [0.4, 0.5) is 0 Å². The largest absolute Gasteiger partial charge is 0.338 e. The van der Waals surface area contributed by atoms with Gasteiger partial charge in [0.25, 0.3) is 0 Å². The van der Waals surface area contributed by atoms with Crippen molar-refractivity contribution in [3.63, 3.8) is 0 Å². The lowest BCUT2D eigenvalue weighted by Gasteiger charge is -2.16. The van der Waals surface area contributed by atoms with Crippen LogP contribution in [0.3, 0.4) is 0 Å². The lowest BCUT2D eigenvalue weighted by Crippen LogP contribution is -2.30. The van der Waals surface area contributed by atoms with E-state index in [1.54, 1.807) is 16.6 Å².